The van der Waals surface area contributed by atoms with Crippen LogP contribution in [0, 0.1) is 12.8 Å². The zero-order chi connectivity index (χ0) is 25.7. The van der Waals surface area contributed by atoms with Gasteiger partial charge in [0, 0.05) is 39.7 Å². The quantitative estimate of drug-likeness (QED) is 0.456. The molecule has 1 N–H and O–H groups in total. The first kappa shape index (κ1) is 25.9. The summed E-state index contributed by atoms with van der Waals surface area (Å²) >= 11 is 0. The maximum atomic E-state index is 13.0. The summed E-state index contributed by atoms with van der Waals surface area (Å²) in [6.45, 7) is 10.1. The van der Waals surface area contributed by atoms with Crippen LogP contribution in [0.25, 0.3) is 0 Å². The largest absolute Gasteiger partial charge is 0.496 e. The molecule has 3 aromatic rings. The van der Waals surface area contributed by atoms with Crippen molar-refractivity contribution in [3.63, 3.8) is 0 Å². The molecular formula is C27H37N5O4. The van der Waals surface area contributed by atoms with Crippen molar-refractivity contribution in [2.75, 3.05) is 27.3 Å². The van der Waals surface area contributed by atoms with Crippen LogP contribution in [-0.4, -0.2) is 52.9 Å². The number of nitrogens with zero attached hydrogens (tertiary/aromatic N) is 4. The van der Waals surface area contributed by atoms with Gasteiger partial charge in [-0.1, -0.05) is 26.0 Å². The van der Waals surface area contributed by atoms with Crippen LogP contribution in [0.15, 0.2) is 34.7 Å². The molecular weight excluding hydrogens is 458 g/mol. The summed E-state index contributed by atoms with van der Waals surface area (Å²) in [6.07, 6.45) is 1.56. The summed E-state index contributed by atoms with van der Waals surface area (Å²) in [5.41, 5.74) is 2.41. The number of hydrogen-bond donors (Lipinski definition) is 1. The molecule has 0 aliphatic carbocycles. The molecule has 1 aliphatic rings. The van der Waals surface area contributed by atoms with Crippen molar-refractivity contribution in [2.24, 2.45) is 5.92 Å². The number of amides is 1. The van der Waals surface area contributed by atoms with E-state index < -0.39 is 0 Å². The number of carbonyl (C=O) groups is 1. The van der Waals surface area contributed by atoms with Crippen LogP contribution in [0.3, 0.4) is 0 Å². The summed E-state index contributed by atoms with van der Waals surface area (Å²) in [5, 5.41) is 12.2. The number of carbonyl (C=O) groups excluding carboxylic acids is 1. The summed E-state index contributed by atoms with van der Waals surface area (Å²) in [6, 6.07) is 9.54. The van der Waals surface area contributed by atoms with E-state index in [4.69, 9.17) is 13.9 Å². The highest BCUT2D eigenvalue weighted by Gasteiger charge is 2.27. The molecule has 3 heterocycles. The normalized spacial score (nSPS) is 14.9. The van der Waals surface area contributed by atoms with Crippen LogP contribution in [-0.2, 0) is 30.9 Å². The van der Waals surface area contributed by atoms with Crippen LogP contribution >= 0.6 is 0 Å². The third-order valence-corrected chi connectivity index (χ3v) is 6.51. The minimum absolute atomic E-state index is 0.259. The number of furan rings is 1. The number of hydrogen-bond acceptors (Lipinski definition) is 7. The van der Waals surface area contributed by atoms with Crippen LogP contribution in [0.5, 0.6) is 5.75 Å². The van der Waals surface area contributed by atoms with Crippen LogP contribution < -0.4 is 10.1 Å². The molecule has 1 aromatic carbocycles. The predicted octanol–water partition coefficient (Wildman–Crippen LogP) is 3.91. The smallest absolute Gasteiger partial charge is 0.287 e. The van der Waals surface area contributed by atoms with E-state index in [2.05, 4.69) is 57.9 Å². The van der Waals surface area contributed by atoms with Gasteiger partial charge in [-0.15, -0.1) is 10.2 Å². The molecule has 194 valence electrons. The van der Waals surface area contributed by atoms with E-state index in [1.165, 1.54) is 5.56 Å². The van der Waals surface area contributed by atoms with Gasteiger partial charge < -0.3 is 23.8 Å². The van der Waals surface area contributed by atoms with Gasteiger partial charge in [0.05, 0.1) is 13.2 Å². The van der Waals surface area contributed by atoms with E-state index >= 15 is 0 Å². The average Bonchev–Trinajstić information content (AvgIpc) is 3.43. The monoisotopic (exact) mass is 495 g/mol. The minimum atomic E-state index is -0.259. The molecule has 0 saturated carbocycles. The first-order valence-electron chi connectivity index (χ1n) is 12.5. The summed E-state index contributed by atoms with van der Waals surface area (Å²) in [4.78, 5) is 15.4. The van der Waals surface area contributed by atoms with Gasteiger partial charge in [0.15, 0.2) is 11.6 Å². The highest BCUT2D eigenvalue weighted by molar-refractivity contribution is 5.91. The summed E-state index contributed by atoms with van der Waals surface area (Å²) in [7, 11) is 3.29. The van der Waals surface area contributed by atoms with E-state index in [0.29, 0.717) is 18.3 Å². The van der Waals surface area contributed by atoms with Crippen molar-refractivity contribution in [1.29, 1.82) is 0 Å². The molecule has 1 amide bonds. The van der Waals surface area contributed by atoms with Gasteiger partial charge in [-0.05, 0) is 48.6 Å². The summed E-state index contributed by atoms with van der Waals surface area (Å²) in [5.74, 6) is 3.67. The number of rotatable bonds is 10. The molecule has 0 saturated heterocycles. The van der Waals surface area contributed by atoms with Crippen molar-refractivity contribution in [1.82, 2.24) is 25.0 Å². The number of aryl methyl sites for hydroxylation is 1. The second-order valence-electron chi connectivity index (χ2n) is 9.81. The number of nitrogens with one attached hydrogen (secondary N) is 1. The second kappa shape index (κ2) is 11.7. The fourth-order valence-corrected chi connectivity index (χ4v) is 4.75. The van der Waals surface area contributed by atoms with E-state index in [9.17, 15) is 4.79 Å². The minimum Gasteiger partial charge on any atom is -0.496 e. The van der Waals surface area contributed by atoms with Gasteiger partial charge in [-0.2, -0.15) is 0 Å². The number of aromatic nitrogens is 3. The van der Waals surface area contributed by atoms with Crippen molar-refractivity contribution in [3.8, 4) is 5.75 Å². The SMILES string of the molecule is COCc1ccc(C(=O)NC(CC(C)C)c2nnc3n2CCN(Cc2ccc(OC)c(C)c2)CC3)o1. The van der Waals surface area contributed by atoms with Gasteiger partial charge in [0.2, 0.25) is 0 Å². The second-order valence-corrected chi connectivity index (χ2v) is 9.81. The Kier molecular flexibility index (Phi) is 8.43. The molecule has 9 heteroatoms. The lowest BCUT2D eigenvalue weighted by molar-refractivity contribution is 0.0892. The first-order valence-corrected chi connectivity index (χ1v) is 12.5. The molecule has 36 heavy (non-hydrogen) atoms. The van der Waals surface area contributed by atoms with E-state index in [1.54, 1.807) is 26.4 Å². The maximum absolute atomic E-state index is 13.0. The van der Waals surface area contributed by atoms with Gasteiger partial charge >= 0.3 is 0 Å². The third kappa shape index (κ3) is 6.14. The lowest BCUT2D eigenvalue weighted by atomic mass is 10.0. The van der Waals surface area contributed by atoms with Crippen molar-refractivity contribution in [2.45, 2.75) is 59.4 Å². The lowest BCUT2D eigenvalue weighted by Crippen LogP contribution is -2.32. The average molecular weight is 496 g/mol. The molecule has 0 bridgehead atoms. The number of benzene rings is 1. The number of methoxy groups -OCH3 is 2. The molecule has 1 atom stereocenters. The molecule has 0 fully saturated rings. The Bertz CT molecular complexity index is 1170. The van der Waals surface area contributed by atoms with Crippen molar-refractivity contribution >= 4 is 5.91 Å². The van der Waals surface area contributed by atoms with Crippen molar-refractivity contribution in [3.05, 3.63) is 64.6 Å². The summed E-state index contributed by atoms with van der Waals surface area (Å²) < 4.78 is 18.3. The Morgan fingerprint density at radius 3 is 2.69 bits per heavy atom. The standard InChI is InChI=1S/C27H37N5O4/c1-18(2)14-22(28-27(33)24-9-7-21(36-24)17-34-4)26-30-29-25-10-11-31(12-13-32(25)26)16-20-6-8-23(35-5)19(3)15-20/h6-9,15,18,22H,10-14,16-17H2,1-5H3,(H,28,33). The van der Waals surface area contributed by atoms with Gasteiger partial charge in [0.1, 0.15) is 23.9 Å². The van der Waals surface area contributed by atoms with Gasteiger partial charge in [0.25, 0.3) is 5.91 Å². The fraction of sp³-hybridized carbons (Fsp3) is 0.519. The molecule has 1 aliphatic heterocycles. The van der Waals surface area contributed by atoms with Crippen LogP contribution in [0.1, 0.15) is 65.4 Å². The Balaban J connectivity index is 1.47. The molecule has 4 rings (SSSR count). The number of fused-ring (bicyclic) bond motifs is 1. The molecule has 9 nitrogen and oxygen atoms in total. The van der Waals surface area contributed by atoms with E-state index in [1.807, 2.05) is 6.07 Å². The highest BCUT2D eigenvalue weighted by atomic mass is 16.5. The maximum Gasteiger partial charge on any atom is 0.287 e. The Labute approximate surface area is 212 Å². The first-order chi connectivity index (χ1) is 17.4. The molecule has 2 aromatic heterocycles. The van der Waals surface area contributed by atoms with Gasteiger partial charge in [-0.25, -0.2) is 0 Å². The lowest BCUT2D eigenvalue weighted by Gasteiger charge is -2.22. The van der Waals surface area contributed by atoms with Crippen LogP contribution in [0.4, 0.5) is 0 Å². The Morgan fingerprint density at radius 1 is 1.14 bits per heavy atom. The zero-order valence-electron chi connectivity index (χ0n) is 21.9. The molecule has 0 spiro atoms. The van der Waals surface area contributed by atoms with Crippen LogP contribution in [0.2, 0.25) is 0 Å². The number of ether oxygens (including phenoxy) is 2. The van der Waals surface area contributed by atoms with Gasteiger partial charge in [-0.3, -0.25) is 9.69 Å². The predicted molar refractivity (Wildman–Crippen MR) is 136 cm³/mol. The highest BCUT2D eigenvalue weighted by Crippen LogP contribution is 2.24. The fourth-order valence-electron chi connectivity index (χ4n) is 4.75. The molecule has 1 unspecified atom stereocenters. The van der Waals surface area contributed by atoms with Crippen molar-refractivity contribution < 1.29 is 18.7 Å². The third-order valence-electron chi connectivity index (χ3n) is 6.51. The zero-order valence-corrected chi connectivity index (χ0v) is 21.9. The Morgan fingerprint density at radius 2 is 1.97 bits per heavy atom. The van der Waals surface area contributed by atoms with E-state index in [0.717, 1.165) is 62.0 Å². The topological polar surface area (TPSA) is 94.6 Å². The van der Waals surface area contributed by atoms with E-state index in [-0.39, 0.29) is 17.7 Å². The molecule has 0 radical (unpaired) electrons. The Hall–Kier alpha value is -3.17.